The molecule has 2 aromatic carbocycles. The van der Waals surface area contributed by atoms with Crippen molar-refractivity contribution in [2.45, 2.75) is 58.2 Å². The number of carbonyl (C=O) groups excluding carboxylic acids is 3. The zero-order valence-electron chi connectivity index (χ0n) is 23.2. The van der Waals surface area contributed by atoms with Crippen molar-refractivity contribution < 1.29 is 27.9 Å². The zero-order valence-corrected chi connectivity index (χ0v) is 23.2. The number of aromatic nitrogens is 1. The minimum atomic E-state index is -0.710. The Bertz CT molecular complexity index is 1420. The van der Waals surface area contributed by atoms with Gasteiger partial charge in [0.05, 0.1) is 17.3 Å². The van der Waals surface area contributed by atoms with Gasteiger partial charge in [-0.25, -0.2) is 18.6 Å². The van der Waals surface area contributed by atoms with Crippen LogP contribution in [0, 0.1) is 11.6 Å². The summed E-state index contributed by atoms with van der Waals surface area (Å²) in [5, 5.41) is 6.11. The highest BCUT2D eigenvalue weighted by Gasteiger charge is 2.36. The summed E-state index contributed by atoms with van der Waals surface area (Å²) < 4.78 is 32.6. The van der Waals surface area contributed by atoms with Crippen LogP contribution in [0.2, 0.25) is 0 Å². The van der Waals surface area contributed by atoms with Gasteiger partial charge in [0.25, 0.3) is 5.91 Å². The topological polar surface area (TPSA) is 127 Å². The molecular weight excluding hydrogens is 532 g/mol. The smallest absolute Gasteiger partial charge is 0.410 e. The maximum absolute atomic E-state index is 13.5. The average molecular weight is 566 g/mol. The molecule has 2 heterocycles. The molecule has 4 N–H and O–H groups in total. The highest BCUT2D eigenvalue weighted by atomic mass is 19.1. The van der Waals surface area contributed by atoms with Crippen LogP contribution < -0.4 is 16.4 Å². The number of hydrogen-bond donors (Lipinski definition) is 3. The molecule has 1 aliphatic heterocycles. The number of ether oxygens (including phenoxy) is 1. The van der Waals surface area contributed by atoms with Gasteiger partial charge in [0.2, 0.25) is 0 Å². The molecule has 0 unspecified atom stereocenters. The summed E-state index contributed by atoms with van der Waals surface area (Å²) >= 11 is 0. The normalized spacial score (nSPS) is 15.0. The Labute approximate surface area is 237 Å². The third kappa shape index (κ3) is 8.00. The van der Waals surface area contributed by atoms with Gasteiger partial charge in [0, 0.05) is 43.5 Å². The molecule has 0 aliphatic carbocycles. The van der Waals surface area contributed by atoms with Crippen molar-refractivity contribution in [1.29, 1.82) is 0 Å². The summed E-state index contributed by atoms with van der Waals surface area (Å²) in [4.78, 5) is 43.2. The fourth-order valence-electron chi connectivity index (χ4n) is 4.59. The monoisotopic (exact) mass is 565 g/mol. The van der Waals surface area contributed by atoms with Crippen LogP contribution in [0.3, 0.4) is 0 Å². The Morgan fingerprint density at radius 1 is 1.05 bits per heavy atom. The van der Waals surface area contributed by atoms with E-state index in [1.54, 1.807) is 39.0 Å². The molecular formula is C30H33F2N5O4. The van der Waals surface area contributed by atoms with Crippen LogP contribution in [0.1, 0.15) is 55.1 Å². The number of rotatable bonds is 9. The Kier molecular flexibility index (Phi) is 8.85. The van der Waals surface area contributed by atoms with Crippen LogP contribution >= 0.6 is 0 Å². The lowest BCUT2D eigenvalue weighted by atomic mass is 10.0. The molecule has 4 rings (SSSR count). The van der Waals surface area contributed by atoms with E-state index in [-0.39, 0.29) is 24.3 Å². The third-order valence-electron chi connectivity index (χ3n) is 6.43. The highest BCUT2D eigenvalue weighted by molar-refractivity contribution is 5.98. The van der Waals surface area contributed by atoms with E-state index in [1.807, 2.05) is 12.1 Å². The number of benzene rings is 2. The number of primary amides is 1. The first kappa shape index (κ1) is 29.4. The lowest BCUT2D eigenvalue weighted by molar-refractivity contribution is -0.122. The van der Waals surface area contributed by atoms with Gasteiger partial charge < -0.3 is 21.1 Å². The average Bonchev–Trinajstić information content (AvgIpc) is 3.38. The maximum atomic E-state index is 13.5. The molecule has 0 spiro atoms. The number of halogens is 2. The molecule has 11 heteroatoms. The molecule has 1 aliphatic rings. The highest BCUT2D eigenvalue weighted by Crippen LogP contribution is 2.25. The van der Waals surface area contributed by atoms with E-state index in [2.05, 4.69) is 15.6 Å². The van der Waals surface area contributed by atoms with E-state index >= 15 is 0 Å². The molecule has 216 valence electrons. The Hall–Kier alpha value is -4.54. The number of pyridine rings is 1. The number of Topliss-reactive ketones (excluding diaryl/α,β-unsaturated/α-hetero) is 1. The first-order valence-electron chi connectivity index (χ1n) is 13.2. The molecule has 1 saturated heterocycles. The van der Waals surface area contributed by atoms with Crippen LogP contribution in [0.5, 0.6) is 0 Å². The third-order valence-corrected chi connectivity index (χ3v) is 6.43. The quantitative estimate of drug-likeness (QED) is 0.320. The van der Waals surface area contributed by atoms with Crippen LogP contribution in [0.4, 0.5) is 30.8 Å². The van der Waals surface area contributed by atoms with Gasteiger partial charge in [-0.1, -0.05) is 12.1 Å². The van der Waals surface area contributed by atoms with Crippen LogP contribution in [-0.4, -0.2) is 45.9 Å². The summed E-state index contributed by atoms with van der Waals surface area (Å²) in [6.07, 6.45) is 2.36. The summed E-state index contributed by atoms with van der Waals surface area (Å²) in [6, 6.07) is 11.4. The molecule has 0 bridgehead atoms. The van der Waals surface area contributed by atoms with Gasteiger partial charge in [0.15, 0.2) is 5.78 Å². The summed E-state index contributed by atoms with van der Waals surface area (Å²) in [6.45, 7) is 5.92. The second kappa shape index (κ2) is 12.3. The predicted molar refractivity (Wildman–Crippen MR) is 151 cm³/mol. The van der Waals surface area contributed by atoms with Gasteiger partial charge >= 0.3 is 6.09 Å². The number of amides is 2. The molecule has 41 heavy (non-hydrogen) atoms. The lowest BCUT2D eigenvalue weighted by Crippen LogP contribution is -2.43. The van der Waals surface area contributed by atoms with E-state index in [9.17, 15) is 23.2 Å². The van der Waals surface area contributed by atoms with Crippen LogP contribution in [0.25, 0.3) is 0 Å². The number of likely N-dealkylation sites (tertiary alicyclic amines) is 1. The molecule has 3 aromatic rings. The predicted octanol–water partition coefficient (Wildman–Crippen LogP) is 5.33. The second-order valence-electron chi connectivity index (χ2n) is 10.9. The van der Waals surface area contributed by atoms with E-state index in [0.29, 0.717) is 35.7 Å². The van der Waals surface area contributed by atoms with Gasteiger partial charge in [-0.3, -0.25) is 14.5 Å². The van der Waals surface area contributed by atoms with E-state index in [0.717, 1.165) is 18.1 Å². The number of hydrogen-bond acceptors (Lipinski definition) is 7. The summed E-state index contributed by atoms with van der Waals surface area (Å²) in [7, 11) is 0. The lowest BCUT2D eigenvalue weighted by Gasteiger charge is -2.28. The van der Waals surface area contributed by atoms with Crippen molar-refractivity contribution in [2.24, 2.45) is 5.73 Å². The molecule has 0 radical (unpaired) electrons. The van der Waals surface area contributed by atoms with Crippen molar-refractivity contribution in [3.63, 3.8) is 0 Å². The minimum Gasteiger partial charge on any atom is -0.444 e. The summed E-state index contributed by atoms with van der Waals surface area (Å²) in [5.74, 6) is -1.78. The van der Waals surface area contributed by atoms with E-state index in [1.165, 1.54) is 23.2 Å². The molecule has 1 aromatic heterocycles. The van der Waals surface area contributed by atoms with Crippen molar-refractivity contribution in [3.8, 4) is 0 Å². The molecule has 9 nitrogen and oxygen atoms in total. The second-order valence-corrected chi connectivity index (χ2v) is 10.9. The molecule has 1 atom stereocenters. The van der Waals surface area contributed by atoms with Crippen LogP contribution in [-0.2, 0) is 22.5 Å². The number of anilines is 3. The van der Waals surface area contributed by atoms with Crippen molar-refractivity contribution in [3.05, 3.63) is 83.1 Å². The Morgan fingerprint density at radius 3 is 2.37 bits per heavy atom. The van der Waals surface area contributed by atoms with Gasteiger partial charge in [0.1, 0.15) is 23.1 Å². The fraction of sp³-hybridized carbons (Fsp3) is 0.333. The van der Waals surface area contributed by atoms with Gasteiger partial charge in [-0.2, -0.15) is 0 Å². The SMILES string of the molecule is CC(C)(C)OC(=O)N1CCC[C@H]1C(=O)Cc1ccc(Nc2cc(NCc3cc(F)cc(F)c3)c(C(N)=O)cn2)cc1. The van der Waals surface area contributed by atoms with Gasteiger partial charge in [-0.05, 0) is 69.0 Å². The number of carbonyl (C=O) groups is 3. The summed E-state index contributed by atoms with van der Waals surface area (Å²) in [5.41, 5.74) is 7.11. The van der Waals surface area contributed by atoms with Crippen molar-refractivity contribution in [2.75, 3.05) is 17.2 Å². The standard InChI is InChI=1S/C30H33F2N5O4/c1-30(2,3)41-29(40)37-10-4-5-25(37)26(38)13-18-6-8-22(9-7-18)36-27-15-24(23(17-35-27)28(33)39)34-16-19-11-20(31)14-21(32)12-19/h6-9,11-12,14-15,17,25H,4-5,10,13,16H2,1-3H3,(H2,33,39)(H2,34,35,36)/t25-/m0/s1. The molecule has 2 amide bonds. The molecule has 0 saturated carbocycles. The van der Waals surface area contributed by atoms with Crippen molar-refractivity contribution >= 4 is 35.0 Å². The number of ketones is 1. The maximum Gasteiger partial charge on any atom is 0.410 e. The van der Waals surface area contributed by atoms with E-state index in [4.69, 9.17) is 10.5 Å². The number of nitrogens with two attached hydrogens (primary N) is 1. The van der Waals surface area contributed by atoms with Crippen molar-refractivity contribution in [1.82, 2.24) is 9.88 Å². The molecule has 1 fully saturated rings. The first-order valence-corrected chi connectivity index (χ1v) is 13.2. The Balaban J connectivity index is 1.40. The fourth-order valence-corrected chi connectivity index (χ4v) is 4.59. The Morgan fingerprint density at radius 2 is 1.73 bits per heavy atom. The van der Waals surface area contributed by atoms with Gasteiger partial charge in [-0.15, -0.1) is 0 Å². The van der Waals surface area contributed by atoms with Crippen LogP contribution in [0.15, 0.2) is 54.7 Å². The first-order chi connectivity index (χ1) is 19.4. The zero-order chi connectivity index (χ0) is 29.7. The van der Waals surface area contributed by atoms with E-state index < -0.39 is 35.3 Å². The number of nitrogens with zero attached hydrogens (tertiary/aromatic N) is 2. The largest absolute Gasteiger partial charge is 0.444 e. The number of nitrogens with one attached hydrogen (secondary N) is 2. The minimum absolute atomic E-state index is 0.0491.